The van der Waals surface area contributed by atoms with Crippen molar-refractivity contribution < 1.29 is 46.9 Å². The first-order valence-corrected chi connectivity index (χ1v) is 7.81. The molecule has 1 saturated heterocycles. The van der Waals surface area contributed by atoms with Crippen LogP contribution in [0.25, 0.3) is 0 Å². The molecule has 1 unspecified atom stereocenters. The van der Waals surface area contributed by atoms with Crippen LogP contribution < -0.4 is 5.32 Å². The number of hydrogen-bond donors (Lipinski definition) is 2. The van der Waals surface area contributed by atoms with Gasteiger partial charge in [-0.15, -0.1) is 0 Å². The molecule has 2 heterocycles. The molecule has 28 heavy (non-hydrogen) atoms. The van der Waals surface area contributed by atoms with Crippen molar-refractivity contribution in [2.45, 2.75) is 38.3 Å². The molecule has 1 amide bonds. The number of carboxylic acid groups (broad SMARTS) is 1. The van der Waals surface area contributed by atoms with Gasteiger partial charge in [0.15, 0.2) is 5.78 Å². The van der Waals surface area contributed by atoms with Gasteiger partial charge in [-0.1, -0.05) is 6.07 Å². The van der Waals surface area contributed by atoms with E-state index in [4.69, 9.17) is 14.6 Å². The van der Waals surface area contributed by atoms with Crippen LogP contribution in [0.15, 0.2) is 18.3 Å². The van der Waals surface area contributed by atoms with Gasteiger partial charge in [-0.05, 0) is 11.6 Å². The summed E-state index contributed by atoms with van der Waals surface area (Å²) in [6, 6.07) is 0.0335. The Balaban J connectivity index is 2.23. The van der Waals surface area contributed by atoms with E-state index in [0.29, 0.717) is 6.07 Å². The van der Waals surface area contributed by atoms with Crippen LogP contribution in [0, 0.1) is 5.92 Å². The van der Waals surface area contributed by atoms with Crippen LogP contribution in [-0.2, 0) is 36.5 Å². The molecule has 1 fully saturated rings. The maximum absolute atomic E-state index is 12.6. The van der Waals surface area contributed by atoms with Crippen molar-refractivity contribution in [3.63, 3.8) is 0 Å². The summed E-state index contributed by atoms with van der Waals surface area (Å²) in [4.78, 5) is 50.8. The number of nitrogens with zero attached hydrogens (tertiary/aromatic N) is 1. The molecule has 152 valence electrons. The molecular formula is C16H15F3N2O7. The lowest BCUT2D eigenvalue weighted by Gasteiger charge is -2.33. The highest BCUT2D eigenvalue weighted by Gasteiger charge is 2.49. The molecule has 1 atom stereocenters. The number of Topliss-reactive ketones (excluding diaryl/α,β-unsaturated/α-hetero) is 1. The number of esters is 2. The number of aromatic nitrogens is 1. The van der Waals surface area contributed by atoms with Crippen LogP contribution in [0.3, 0.4) is 0 Å². The Morgan fingerprint density at radius 2 is 1.82 bits per heavy atom. The van der Waals surface area contributed by atoms with Gasteiger partial charge in [-0.2, -0.15) is 13.2 Å². The van der Waals surface area contributed by atoms with E-state index in [9.17, 15) is 32.3 Å². The van der Waals surface area contributed by atoms with Crippen LogP contribution in [0.4, 0.5) is 18.0 Å². The normalized spacial score (nSPS) is 18.0. The molecule has 1 aromatic heterocycles. The van der Waals surface area contributed by atoms with Crippen LogP contribution in [0.2, 0.25) is 0 Å². The van der Waals surface area contributed by atoms with Gasteiger partial charge in [0.05, 0.1) is 6.04 Å². The van der Waals surface area contributed by atoms with Crippen LogP contribution in [-0.4, -0.2) is 45.7 Å². The molecule has 9 nitrogen and oxygen atoms in total. The first kappa shape index (κ1) is 21.1. The molecule has 1 aliphatic heterocycles. The first-order valence-electron chi connectivity index (χ1n) is 7.81. The Labute approximate surface area is 155 Å². The zero-order valence-corrected chi connectivity index (χ0v) is 14.6. The Bertz CT molecular complexity index is 785. The third kappa shape index (κ3) is 4.96. The number of cyclic esters (lactones) is 2. The molecule has 2 rings (SSSR count). The second kappa shape index (κ2) is 7.44. The van der Waals surface area contributed by atoms with E-state index in [0.717, 1.165) is 12.3 Å². The lowest BCUT2D eigenvalue weighted by molar-refractivity contribution is -0.238. The number of ether oxygens (including phenoxy) is 2. The number of ketones is 1. The van der Waals surface area contributed by atoms with E-state index in [2.05, 4.69) is 4.98 Å². The van der Waals surface area contributed by atoms with E-state index in [1.165, 1.54) is 13.8 Å². The smallest absolute Gasteiger partial charge is 0.433 e. The standard InChI is InChI=1S/C16H15F3N2O7/c1-15(2)27-12(23)10(13(24)28-15)11(22)8(21-14(25)26)5-7-3-4-9(20-6-7)16(17,18)19/h3-4,6,8,10,21H,5H2,1-2H3,(H,25,26). The predicted molar refractivity (Wildman–Crippen MR) is 82.7 cm³/mol. The van der Waals surface area contributed by atoms with Gasteiger partial charge in [0.25, 0.3) is 5.79 Å². The molecule has 0 saturated carbocycles. The summed E-state index contributed by atoms with van der Waals surface area (Å²) in [7, 11) is 0. The molecule has 2 N–H and O–H groups in total. The fraction of sp³-hybridized carbons (Fsp3) is 0.438. The summed E-state index contributed by atoms with van der Waals surface area (Å²) in [6.45, 7) is 2.54. The van der Waals surface area contributed by atoms with Crippen molar-refractivity contribution in [2.75, 3.05) is 0 Å². The summed E-state index contributed by atoms with van der Waals surface area (Å²) in [6.07, 6.45) is -5.95. The molecule has 0 spiro atoms. The lowest BCUT2D eigenvalue weighted by atomic mass is 9.93. The second-order valence-corrected chi connectivity index (χ2v) is 6.33. The third-order valence-corrected chi connectivity index (χ3v) is 3.64. The largest absolute Gasteiger partial charge is 0.465 e. The lowest BCUT2D eigenvalue weighted by Crippen LogP contribution is -2.54. The Morgan fingerprint density at radius 3 is 2.25 bits per heavy atom. The Hall–Kier alpha value is -3.18. The van der Waals surface area contributed by atoms with E-state index >= 15 is 0 Å². The Kier molecular flexibility index (Phi) is 5.62. The summed E-state index contributed by atoms with van der Waals surface area (Å²) in [5.41, 5.74) is -1.11. The number of rotatable bonds is 5. The van der Waals surface area contributed by atoms with Crippen LogP contribution in [0.5, 0.6) is 0 Å². The number of carbonyl (C=O) groups excluding carboxylic acids is 3. The average Bonchev–Trinajstić information content (AvgIpc) is 2.51. The minimum Gasteiger partial charge on any atom is -0.465 e. The highest BCUT2D eigenvalue weighted by Crippen LogP contribution is 2.28. The van der Waals surface area contributed by atoms with Crippen molar-refractivity contribution in [3.05, 3.63) is 29.6 Å². The van der Waals surface area contributed by atoms with Crippen molar-refractivity contribution in [1.82, 2.24) is 10.3 Å². The maximum atomic E-state index is 12.6. The first-order chi connectivity index (χ1) is 12.8. The SMILES string of the molecule is CC1(C)OC(=O)C(C(=O)C(Cc2ccc(C(F)(F)F)nc2)NC(=O)O)C(=O)O1. The van der Waals surface area contributed by atoms with Crippen molar-refractivity contribution in [3.8, 4) is 0 Å². The Morgan fingerprint density at radius 1 is 1.25 bits per heavy atom. The summed E-state index contributed by atoms with van der Waals surface area (Å²) in [5.74, 6) is -7.19. The number of carbonyl (C=O) groups is 4. The highest BCUT2D eigenvalue weighted by atomic mass is 19.4. The fourth-order valence-electron chi connectivity index (χ4n) is 2.47. The van der Waals surface area contributed by atoms with Gasteiger partial charge >= 0.3 is 24.2 Å². The van der Waals surface area contributed by atoms with Crippen LogP contribution in [0.1, 0.15) is 25.1 Å². The quantitative estimate of drug-likeness (QED) is 0.555. The van der Waals surface area contributed by atoms with Crippen molar-refractivity contribution >= 4 is 23.8 Å². The maximum Gasteiger partial charge on any atom is 0.433 e. The fourth-order valence-corrected chi connectivity index (χ4v) is 2.47. The summed E-state index contributed by atoms with van der Waals surface area (Å²) >= 11 is 0. The average molecular weight is 404 g/mol. The summed E-state index contributed by atoms with van der Waals surface area (Å²) in [5, 5.41) is 10.7. The number of hydrogen-bond acceptors (Lipinski definition) is 7. The van der Waals surface area contributed by atoms with Crippen molar-refractivity contribution in [1.29, 1.82) is 0 Å². The number of pyridine rings is 1. The van der Waals surface area contributed by atoms with E-state index in [-0.39, 0.29) is 5.56 Å². The minimum absolute atomic E-state index is 0.0676. The van der Waals surface area contributed by atoms with Crippen LogP contribution >= 0.6 is 0 Å². The van der Waals surface area contributed by atoms with E-state index < -0.39 is 59.9 Å². The van der Waals surface area contributed by atoms with Gasteiger partial charge in [0.1, 0.15) is 5.69 Å². The van der Waals surface area contributed by atoms with Crippen molar-refractivity contribution in [2.24, 2.45) is 5.92 Å². The molecule has 1 aliphatic rings. The monoisotopic (exact) mass is 404 g/mol. The van der Waals surface area contributed by atoms with Gasteiger partial charge in [-0.25, -0.2) is 4.79 Å². The minimum atomic E-state index is -4.67. The zero-order valence-electron chi connectivity index (χ0n) is 14.6. The van der Waals surface area contributed by atoms with E-state index in [1.807, 2.05) is 5.32 Å². The third-order valence-electron chi connectivity index (χ3n) is 3.64. The van der Waals surface area contributed by atoms with Gasteiger partial charge in [0.2, 0.25) is 5.92 Å². The molecule has 12 heteroatoms. The number of alkyl halides is 3. The van der Waals surface area contributed by atoms with Gasteiger partial charge in [-0.3, -0.25) is 19.4 Å². The molecule has 0 bridgehead atoms. The molecule has 0 aromatic carbocycles. The molecular weight excluding hydrogens is 389 g/mol. The van der Waals surface area contributed by atoms with Gasteiger partial charge in [0, 0.05) is 26.5 Å². The summed E-state index contributed by atoms with van der Waals surface area (Å²) < 4.78 is 47.3. The van der Waals surface area contributed by atoms with E-state index in [1.54, 1.807) is 0 Å². The molecule has 1 aromatic rings. The molecule has 0 radical (unpaired) electrons. The number of halogens is 3. The predicted octanol–water partition coefficient (Wildman–Crippen LogP) is 1.30. The topological polar surface area (TPSA) is 132 Å². The second-order valence-electron chi connectivity index (χ2n) is 6.33. The van der Waals surface area contributed by atoms with Gasteiger partial charge < -0.3 is 19.9 Å². The molecule has 0 aliphatic carbocycles. The zero-order chi connectivity index (χ0) is 21.3. The number of amides is 1. The highest BCUT2D eigenvalue weighted by molar-refractivity contribution is 6.17. The number of nitrogens with one attached hydrogen (secondary N) is 1.